The van der Waals surface area contributed by atoms with E-state index in [1.807, 2.05) is 0 Å². The van der Waals surface area contributed by atoms with Gasteiger partial charge in [0.1, 0.15) is 5.38 Å². The molecule has 0 aliphatic carbocycles. The quantitative estimate of drug-likeness (QED) is 0.444. The Hall–Kier alpha value is 2.28. The van der Waals surface area contributed by atoms with Crippen LogP contribution in [0.4, 0.5) is 0 Å². The maximum absolute atomic E-state index is 10.7. The number of alkyl halides is 8. The highest BCUT2D eigenvalue weighted by Gasteiger charge is 2.58. The van der Waals surface area contributed by atoms with Crippen LogP contribution in [0, 0.1) is 0 Å². The van der Waals surface area contributed by atoms with E-state index in [0.717, 1.165) is 0 Å². The Kier molecular flexibility index (Phi) is 7.03. The minimum atomic E-state index is -2.09. The summed E-state index contributed by atoms with van der Waals surface area (Å²) in [4.78, 5) is 10.7. The lowest BCUT2D eigenvalue weighted by Gasteiger charge is -2.37. The first kappa shape index (κ1) is 18.3. The fourth-order valence-corrected chi connectivity index (χ4v) is 3.07. The highest BCUT2D eigenvalue weighted by atomic mass is 35.6. The van der Waals surface area contributed by atoms with Crippen molar-refractivity contribution in [1.82, 2.24) is 0 Å². The number of halogens is 9. The van der Waals surface area contributed by atoms with Crippen LogP contribution < -0.4 is 0 Å². The van der Waals surface area contributed by atoms with E-state index in [9.17, 15) is 4.79 Å². The van der Waals surface area contributed by atoms with Gasteiger partial charge in [0.15, 0.2) is 8.67 Å². The molecule has 0 fully saturated rings. The van der Waals surface area contributed by atoms with E-state index < -0.39 is 29.5 Å². The summed E-state index contributed by atoms with van der Waals surface area (Å²) in [6, 6.07) is 0. The van der Waals surface area contributed by atoms with Crippen LogP contribution in [0.1, 0.15) is 6.42 Å². The molecule has 0 saturated heterocycles. The molecule has 0 aliphatic rings. The van der Waals surface area contributed by atoms with Gasteiger partial charge in [-0.25, -0.2) is 0 Å². The normalized spacial score (nSPS) is 16.1. The molecule has 1 atom stereocenters. The number of hydrogen-bond donors (Lipinski definition) is 0. The molecule has 1 unspecified atom stereocenters. The molecule has 96 valence electrons. The summed E-state index contributed by atoms with van der Waals surface area (Å²) in [6.45, 7) is 0. The van der Waals surface area contributed by atoms with Crippen LogP contribution in [-0.4, -0.2) is 23.1 Å². The second kappa shape index (κ2) is 6.15. The predicted octanol–water partition coefficient (Wildman–Crippen LogP) is 5.47. The van der Waals surface area contributed by atoms with E-state index in [4.69, 9.17) is 104 Å². The summed E-state index contributed by atoms with van der Waals surface area (Å²) in [5.41, 5.74) is 0. The van der Waals surface area contributed by atoms with E-state index in [1.54, 1.807) is 0 Å². The molecular weight excluding hydrogens is 407 g/mol. The van der Waals surface area contributed by atoms with Crippen molar-refractivity contribution >= 4 is 110 Å². The number of rotatable bonds is 4. The van der Waals surface area contributed by atoms with Gasteiger partial charge in [-0.15, -0.1) is 11.6 Å². The maximum atomic E-state index is 10.7. The van der Waals surface area contributed by atoms with E-state index in [1.165, 1.54) is 0 Å². The van der Waals surface area contributed by atoms with E-state index in [0.29, 0.717) is 0 Å². The van der Waals surface area contributed by atoms with Gasteiger partial charge in [-0.3, -0.25) is 4.79 Å². The van der Waals surface area contributed by atoms with Gasteiger partial charge in [0.2, 0.25) is 9.03 Å². The lowest BCUT2D eigenvalue weighted by atomic mass is 10.1. The van der Waals surface area contributed by atoms with Crippen LogP contribution in [0.25, 0.3) is 0 Å². The van der Waals surface area contributed by atoms with Crippen molar-refractivity contribution in [2.24, 2.45) is 0 Å². The van der Waals surface area contributed by atoms with Crippen LogP contribution in [-0.2, 0) is 4.79 Å². The van der Waals surface area contributed by atoms with Crippen molar-refractivity contribution in [2.75, 3.05) is 0 Å². The van der Waals surface area contributed by atoms with Crippen molar-refractivity contribution in [3.8, 4) is 0 Å². The zero-order valence-electron chi connectivity index (χ0n) is 7.09. The standard InChI is InChI=1S/C6H3Cl9O/c7-2(16)1-4(9,10)5(11,12)3(8)6(13,14)15/h3H,1H2. The molecule has 0 aromatic carbocycles. The highest BCUT2D eigenvalue weighted by molar-refractivity contribution is 6.74. The Labute approximate surface area is 137 Å². The molecule has 16 heavy (non-hydrogen) atoms. The van der Waals surface area contributed by atoms with Crippen molar-refractivity contribution in [1.29, 1.82) is 0 Å². The van der Waals surface area contributed by atoms with Crippen molar-refractivity contribution < 1.29 is 4.79 Å². The van der Waals surface area contributed by atoms with Crippen LogP contribution in [0.15, 0.2) is 0 Å². The average Bonchev–Trinajstić information content (AvgIpc) is 1.98. The first-order chi connectivity index (χ1) is 6.82. The molecule has 0 heterocycles. The van der Waals surface area contributed by atoms with Gasteiger partial charge in [0, 0.05) is 0 Å². The maximum Gasteiger partial charge on any atom is 0.224 e. The summed E-state index contributed by atoms with van der Waals surface area (Å²) in [7, 11) is 0. The summed E-state index contributed by atoms with van der Waals surface area (Å²) < 4.78 is -6.10. The second-order valence-corrected chi connectivity index (χ2v) is 8.86. The van der Waals surface area contributed by atoms with Crippen molar-refractivity contribution in [2.45, 2.75) is 24.3 Å². The number of carbonyl (C=O) groups is 1. The Morgan fingerprint density at radius 3 is 1.62 bits per heavy atom. The fraction of sp³-hybridized carbons (Fsp3) is 0.833. The molecule has 0 radical (unpaired) electrons. The third-order valence-electron chi connectivity index (χ3n) is 1.45. The summed E-state index contributed by atoms with van der Waals surface area (Å²) >= 11 is 50.5. The molecule has 0 aliphatic heterocycles. The van der Waals surface area contributed by atoms with Crippen LogP contribution in [0.3, 0.4) is 0 Å². The van der Waals surface area contributed by atoms with E-state index in [-0.39, 0.29) is 0 Å². The zero-order valence-corrected chi connectivity index (χ0v) is 13.9. The molecule has 0 saturated carbocycles. The summed E-state index contributed by atoms with van der Waals surface area (Å²) in [5.74, 6) is 0. The third-order valence-corrected chi connectivity index (χ3v) is 5.79. The first-order valence-corrected chi connectivity index (χ1v) is 6.93. The Balaban J connectivity index is 5.10. The van der Waals surface area contributed by atoms with Crippen LogP contribution >= 0.6 is 104 Å². The van der Waals surface area contributed by atoms with Crippen LogP contribution in [0.5, 0.6) is 0 Å². The van der Waals surface area contributed by atoms with Gasteiger partial charge in [0.25, 0.3) is 0 Å². The molecule has 0 rings (SSSR count). The molecule has 1 nitrogen and oxygen atoms in total. The van der Waals surface area contributed by atoms with E-state index in [2.05, 4.69) is 0 Å². The average molecular weight is 410 g/mol. The van der Waals surface area contributed by atoms with Crippen LogP contribution in [0.2, 0.25) is 0 Å². The molecular formula is C6H3Cl9O. The molecule has 0 aromatic rings. The number of hydrogen-bond acceptors (Lipinski definition) is 1. The molecule has 0 N–H and O–H groups in total. The smallest absolute Gasteiger partial charge is 0.224 e. The Morgan fingerprint density at radius 2 is 1.38 bits per heavy atom. The minimum Gasteiger partial charge on any atom is -0.281 e. The zero-order chi connectivity index (χ0) is 13.4. The monoisotopic (exact) mass is 406 g/mol. The second-order valence-electron chi connectivity index (χ2n) is 2.76. The lowest BCUT2D eigenvalue weighted by Crippen LogP contribution is -2.49. The topological polar surface area (TPSA) is 17.1 Å². The van der Waals surface area contributed by atoms with Gasteiger partial charge < -0.3 is 0 Å². The lowest BCUT2D eigenvalue weighted by molar-refractivity contribution is -0.111. The molecule has 0 spiro atoms. The summed E-state index contributed by atoms with van der Waals surface area (Å²) in [6.07, 6.45) is -0.561. The van der Waals surface area contributed by atoms with Gasteiger partial charge in [-0.1, -0.05) is 81.2 Å². The highest BCUT2D eigenvalue weighted by Crippen LogP contribution is 2.54. The fourth-order valence-electron chi connectivity index (χ4n) is 0.683. The molecule has 10 heteroatoms. The first-order valence-electron chi connectivity index (χ1n) is 3.47. The van der Waals surface area contributed by atoms with Gasteiger partial charge in [0.05, 0.1) is 6.42 Å². The molecule has 0 aromatic heterocycles. The largest absolute Gasteiger partial charge is 0.281 e. The minimum absolute atomic E-state index is 0.561. The van der Waals surface area contributed by atoms with E-state index >= 15 is 0 Å². The third kappa shape index (κ3) is 4.75. The molecule has 0 amide bonds. The molecule has 0 bridgehead atoms. The predicted molar refractivity (Wildman–Crippen MR) is 74.3 cm³/mol. The van der Waals surface area contributed by atoms with Crippen molar-refractivity contribution in [3.05, 3.63) is 0 Å². The summed E-state index contributed by atoms with van der Waals surface area (Å²) in [5, 5.41) is -2.32. The Bertz CT molecular complexity index is 268. The SMILES string of the molecule is O=C(Cl)CC(Cl)(Cl)C(Cl)(Cl)C(Cl)C(Cl)(Cl)Cl. The van der Waals surface area contributed by atoms with Gasteiger partial charge in [-0.05, 0) is 11.6 Å². The van der Waals surface area contributed by atoms with Gasteiger partial charge >= 0.3 is 0 Å². The Morgan fingerprint density at radius 1 is 1.00 bits per heavy atom. The van der Waals surface area contributed by atoms with Gasteiger partial charge in [-0.2, -0.15) is 0 Å². The van der Waals surface area contributed by atoms with Crippen molar-refractivity contribution in [3.63, 3.8) is 0 Å². The number of carbonyl (C=O) groups excluding carboxylic acids is 1.